The van der Waals surface area contributed by atoms with E-state index in [-0.39, 0.29) is 15.8 Å². The summed E-state index contributed by atoms with van der Waals surface area (Å²) in [6, 6.07) is 12.7. The predicted octanol–water partition coefficient (Wildman–Crippen LogP) is 2.72. The van der Waals surface area contributed by atoms with Gasteiger partial charge in [0, 0.05) is 12.8 Å². The maximum absolute atomic E-state index is 13.5. The van der Waals surface area contributed by atoms with Crippen molar-refractivity contribution in [3.8, 4) is 0 Å². The molecule has 116 valence electrons. The largest absolute Gasteiger partial charge is 0.358 e. The lowest BCUT2D eigenvalue weighted by Gasteiger charge is -2.11. The Bertz CT molecular complexity index is 774. The minimum atomic E-state index is -3.20. The number of hydrogen-bond acceptors (Lipinski definition) is 3. The van der Waals surface area contributed by atoms with Crippen molar-refractivity contribution in [2.75, 3.05) is 11.6 Å². The van der Waals surface area contributed by atoms with E-state index in [0.717, 1.165) is 11.8 Å². The lowest BCUT2D eigenvalue weighted by molar-refractivity contribution is 0.602. The molecule has 22 heavy (non-hydrogen) atoms. The minimum Gasteiger partial charge on any atom is -0.358 e. The Balaban J connectivity index is 1.93. The van der Waals surface area contributed by atoms with Crippen molar-refractivity contribution >= 4 is 32.9 Å². The topological polar surface area (TPSA) is 58.2 Å². The summed E-state index contributed by atoms with van der Waals surface area (Å²) in [7, 11) is -3.20. The smallest absolute Gasteiger partial charge is 0.175 e. The summed E-state index contributed by atoms with van der Waals surface area (Å²) in [5.74, 6) is -0.385. The summed E-state index contributed by atoms with van der Waals surface area (Å²) in [4.78, 5) is 0.267. The normalized spacial score (nSPS) is 11.0. The van der Waals surface area contributed by atoms with Crippen LogP contribution < -0.4 is 10.6 Å². The highest BCUT2D eigenvalue weighted by molar-refractivity contribution is 7.90. The summed E-state index contributed by atoms with van der Waals surface area (Å²) in [5.41, 5.74) is 1.16. The molecule has 0 saturated carbocycles. The molecule has 0 aromatic heterocycles. The highest BCUT2D eigenvalue weighted by atomic mass is 32.2. The predicted molar refractivity (Wildman–Crippen MR) is 89.0 cm³/mol. The average Bonchev–Trinajstić information content (AvgIpc) is 2.47. The Hall–Kier alpha value is -1.99. The van der Waals surface area contributed by atoms with Gasteiger partial charge in [0.05, 0.1) is 10.6 Å². The zero-order valence-corrected chi connectivity index (χ0v) is 13.5. The Morgan fingerprint density at radius 2 is 1.77 bits per heavy atom. The molecule has 0 aliphatic carbocycles. The zero-order chi connectivity index (χ0) is 16.2. The van der Waals surface area contributed by atoms with Crippen molar-refractivity contribution in [3.63, 3.8) is 0 Å². The van der Waals surface area contributed by atoms with Crippen LogP contribution in [0.4, 0.5) is 10.1 Å². The molecule has 2 N–H and O–H groups in total. The van der Waals surface area contributed by atoms with E-state index in [1.165, 1.54) is 6.07 Å². The highest BCUT2D eigenvalue weighted by Gasteiger charge is 2.06. The van der Waals surface area contributed by atoms with Gasteiger partial charge in [0.1, 0.15) is 5.82 Å². The molecule has 0 spiro atoms. The Morgan fingerprint density at radius 1 is 1.14 bits per heavy atom. The number of rotatable bonds is 4. The number of nitrogens with one attached hydrogen (secondary N) is 2. The van der Waals surface area contributed by atoms with Crippen molar-refractivity contribution < 1.29 is 12.8 Å². The Kier molecular flexibility index (Phi) is 5.10. The first kappa shape index (κ1) is 16.4. The van der Waals surface area contributed by atoms with Crippen LogP contribution in [0.15, 0.2) is 53.4 Å². The molecule has 0 fully saturated rings. The Labute approximate surface area is 134 Å². The van der Waals surface area contributed by atoms with Crippen LogP contribution in [0.1, 0.15) is 5.56 Å². The summed E-state index contributed by atoms with van der Waals surface area (Å²) in [5, 5.41) is 5.99. The number of sulfone groups is 1. The van der Waals surface area contributed by atoms with Gasteiger partial charge in [0.25, 0.3) is 0 Å². The molecule has 0 saturated heterocycles. The second-order valence-corrected chi connectivity index (χ2v) is 7.13. The lowest BCUT2D eigenvalue weighted by atomic mass is 10.2. The quantitative estimate of drug-likeness (QED) is 0.840. The van der Waals surface area contributed by atoms with Gasteiger partial charge in [-0.2, -0.15) is 0 Å². The molecule has 0 amide bonds. The molecule has 0 unspecified atom stereocenters. The van der Waals surface area contributed by atoms with E-state index >= 15 is 0 Å². The van der Waals surface area contributed by atoms with Crippen molar-refractivity contribution in [3.05, 3.63) is 59.9 Å². The van der Waals surface area contributed by atoms with Crippen molar-refractivity contribution in [1.29, 1.82) is 0 Å². The van der Waals surface area contributed by atoms with Crippen molar-refractivity contribution in [2.24, 2.45) is 0 Å². The SMILES string of the molecule is CS(=O)(=O)c1ccc(CNC(=S)Nc2ccccc2F)cc1. The molecular formula is C15H15FN2O2S2. The van der Waals surface area contributed by atoms with Crippen LogP contribution >= 0.6 is 12.2 Å². The van der Waals surface area contributed by atoms with Gasteiger partial charge in [-0.25, -0.2) is 12.8 Å². The molecular weight excluding hydrogens is 323 g/mol. The van der Waals surface area contributed by atoms with E-state index in [1.54, 1.807) is 42.5 Å². The van der Waals surface area contributed by atoms with E-state index < -0.39 is 9.84 Å². The van der Waals surface area contributed by atoms with E-state index in [0.29, 0.717) is 12.2 Å². The number of anilines is 1. The molecule has 0 bridgehead atoms. The molecule has 0 heterocycles. The minimum absolute atomic E-state index is 0.267. The van der Waals surface area contributed by atoms with Crippen LogP contribution in [0.25, 0.3) is 0 Å². The lowest BCUT2D eigenvalue weighted by Crippen LogP contribution is -2.28. The first-order valence-electron chi connectivity index (χ1n) is 6.44. The fourth-order valence-electron chi connectivity index (χ4n) is 1.77. The van der Waals surface area contributed by atoms with Gasteiger partial charge in [0.15, 0.2) is 14.9 Å². The second kappa shape index (κ2) is 6.85. The summed E-state index contributed by atoms with van der Waals surface area (Å²) < 4.78 is 36.2. The molecule has 0 atom stereocenters. The van der Waals surface area contributed by atoms with Gasteiger partial charge in [0.2, 0.25) is 0 Å². The molecule has 7 heteroatoms. The highest BCUT2D eigenvalue weighted by Crippen LogP contribution is 2.13. The summed E-state index contributed by atoms with van der Waals surface area (Å²) in [6.45, 7) is 0.407. The van der Waals surface area contributed by atoms with E-state index in [4.69, 9.17) is 12.2 Å². The second-order valence-electron chi connectivity index (χ2n) is 4.70. The van der Waals surface area contributed by atoms with Gasteiger partial charge < -0.3 is 10.6 Å². The monoisotopic (exact) mass is 338 g/mol. The molecule has 2 aromatic carbocycles. The Morgan fingerprint density at radius 3 is 2.36 bits per heavy atom. The number of benzene rings is 2. The first-order chi connectivity index (χ1) is 10.4. The van der Waals surface area contributed by atoms with Crippen molar-refractivity contribution in [2.45, 2.75) is 11.4 Å². The summed E-state index contributed by atoms with van der Waals surface area (Å²) >= 11 is 5.10. The molecule has 2 aromatic rings. The van der Waals surface area contributed by atoms with Crippen molar-refractivity contribution in [1.82, 2.24) is 5.32 Å². The van der Waals surface area contributed by atoms with Gasteiger partial charge in [-0.15, -0.1) is 0 Å². The third-order valence-corrected chi connectivity index (χ3v) is 4.30. The van der Waals surface area contributed by atoms with Crippen LogP contribution in [-0.4, -0.2) is 19.8 Å². The molecule has 0 radical (unpaired) electrons. The number of para-hydroxylation sites is 1. The maximum Gasteiger partial charge on any atom is 0.175 e. The number of hydrogen-bond donors (Lipinski definition) is 2. The molecule has 0 aliphatic rings. The van der Waals surface area contributed by atoms with Gasteiger partial charge in [-0.1, -0.05) is 24.3 Å². The molecule has 2 rings (SSSR count). The fourth-order valence-corrected chi connectivity index (χ4v) is 2.58. The molecule has 0 aliphatic heterocycles. The van der Waals surface area contributed by atoms with E-state index in [1.807, 2.05) is 0 Å². The van der Waals surface area contributed by atoms with Gasteiger partial charge >= 0.3 is 0 Å². The standard InChI is InChI=1S/C15H15FN2O2S2/c1-22(19,20)12-8-6-11(7-9-12)10-17-15(21)18-14-5-3-2-4-13(14)16/h2-9H,10H2,1H3,(H2,17,18,21). The number of halogens is 1. The van der Waals surface area contributed by atoms with Crippen LogP contribution in [-0.2, 0) is 16.4 Å². The van der Waals surface area contributed by atoms with Gasteiger partial charge in [-0.05, 0) is 42.0 Å². The maximum atomic E-state index is 13.5. The van der Waals surface area contributed by atoms with Crippen LogP contribution in [0, 0.1) is 5.82 Å². The van der Waals surface area contributed by atoms with E-state index in [9.17, 15) is 12.8 Å². The van der Waals surface area contributed by atoms with Gasteiger partial charge in [-0.3, -0.25) is 0 Å². The average molecular weight is 338 g/mol. The third-order valence-electron chi connectivity index (χ3n) is 2.93. The first-order valence-corrected chi connectivity index (χ1v) is 8.74. The van der Waals surface area contributed by atoms with Crippen LogP contribution in [0.5, 0.6) is 0 Å². The fraction of sp³-hybridized carbons (Fsp3) is 0.133. The van der Waals surface area contributed by atoms with Crippen LogP contribution in [0.2, 0.25) is 0 Å². The molecule has 4 nitrogen and oxygen atoms in total. The number of thiocarbonyl (C=S) groups is 1. The summed E-state index contributed by atoms with van der Waals surface area (Å²) in [6.07, 6.45) is 1.16. The van der Waals surface area contributed by atoms with Crippen LogP contribution in [0.3, 0.4) is 0 Å². The third kappa shape index (κ3) is 4.51. The zero-order valence-electron chi connectivity index (χ0n) is 11.8. The van der Waals surface area contributed by atoms with E-state index in [2.05, 4.69) is 10.6 Å².